The molecule has 28 heavy (non-hydrogen) atoms. The van der Waals surface area contributed by atoms with Crippen LogP contribution in [-0.2, 0) is 17.8 Å². The minimum Gasteiger partial charge on any atom is -0.352 e. The fourth-order valence-electron chi connectivity index (χ4n) is 3.28. The molecule has 0 saturated carbocycles. The summed E-state index contributed by atoms with van der Waals surface area (Å²) in [5.74, 6) is -0.254. The van der Waals surface area contributed by atoms with Gasteiger partial charge < -0.3 is 5.32 Å². The lowest BCUT2D eigenvalue weighted by atomic mass is 10.1. The number of para-hydroxylation sites is 2. The second-order valence-electron chi connectivity index (χ2n) is 6.89. The van der Waals surface area contributed by atoms with Crippen molar-refractivity contribution in [3.8, 4) is 5.69 Å². The van der Waals surface area contributed by atoms with Crippen LogP contribution < -0.4 is 16.6 Å². The van der Waals surface area contributed by atoms with Crippen LogP contribution in [0.4, 0.5) is 0 Å². The summed E-state index contributed by atoms with van der Waals surface area (Å²) in [5, 5.41) is 3.29. The van der Waals surface area contributed by atoms with Crippen molar-refractivity contribution >= 4 is 16.8 Å². The van der Waals surface area contributed by atoms with Gasteiger partial charge in [0.25, 0.3) is 5.56 Å². The molecule has 0 aliphatic rings. The van der Waals surface area contributed by atoms with Crippen molar-refractivity contribution in [2.45, 2.75) is 46.2 Å². The second-order valence-corrected chi connectivity index (χ2v) is 6.89. The van der Waals surface area contributed by atoms with Crippen LogP contribution >= 0.6 is 0 Å². The maximum atomic E-state index is 13.3. The van der Waals surface area contributed by atoms with Gasteiger partial charge in [0.15, 0.2) is 0 Å². The molecule has 1 N–H and O–H groups in total. The van der Waals surface area contributed by atoms with Crippen molar-refractivity contribution in [1.29, 1.82) is 0 Å². The van der Waals surface area contributed by atoms with Gasteiger partial charge in [-0.05, 0) is 43.5 Å². The van der Waals surface area contributed by atoms with Crippen molar-refractivity contribution in [1.82, 2.24) is 14.5 Å². The molecule has 0 saturated heterocycles. The summed E-state index contributed by atoms with van der Waals surface area (Å²) >= 11 is 0. The van der Waals surface area contributed by atoms with Gasteiger partial charge in [-0.2, -0.15) is 0 Å². The highest BCUT2D eigenvalue weighted by Gasteiger charge is 2.18. The van der Waals surface area contributed by atoms with Crippen LogP contribution in [0.3, 0.4) is 0 Å². The molecule has 3 rings (SSSR count). The maximum absolute atomic E-state index is 13.3. The van der Waals surface area contributed by atoms with Gasteiger partial charge in [-0.15, -0.1) is 0 Å². The molecule has 1 heterocycles. The summed E-state index contributed by atoms with van der Waals surface area (Å²) in [5.41, 5.74) is 1.03. The van der Waals surface area contributed by atoms with Gasteiger partial charge in [-0.1, -0.05) is 44.2 Å². The first kappa shape index (κ1) is 19.6. The minimum atomic E-state index is -0.510. The Labute approximate surface area is 163 Å². The van der Waals surface area contributed by atoms with E-state index in [0.29, 0.717) is 23.0 Å². The number of carbonyl (C=O) groups is 1. The average Bonchev–Trinajstić information content (AvgIpc) is 2.71. The minimum absolute atomic E-state index is 0.0150. The normalized spacial score (nSPS) is 12.1. The highest BCUT2D eigenvalue weighted by molar-refractivity contribution is 5.82. The number of hydrogen-bond donors (Lipinski definition) is 1. The van der Waals surface area contributed by atoms with E-state index in [-0.39, 0.29) is 24.1 Å². The van der Waals surface area contributed by atoms with Crippen LogP contribution in [0, 0.1) is 0 Å². The van der Waals surface area contributed by atoms with Crippen molar-refractivity contribution in [2.75, 3.05) is 0 Å². The third kappa shape index (κ3) is 3.63. The average molecular weight is 379 g/mol. The highest BCUT2D eigenvalue weighted by atomic mass is 16.2. The zero-order valence-electron chi connectivity index (χ0n) is 16.4. The fourth-order valence-corrected chi connectivity index (χ4v) is 3.28. The van der Waals surface area contributed by atoms with Crippen LogP contribution in [0.5, 0.6) is 0 Å². The predicted molar refractivity (Wildman–Crippen MR) is 111 cm³/mol. The molecular formula is C22H25N3O3. The van der Waals surface area contributed by atoms with E-state index in [1.165, 1.54) is 9.13 Å². The lowest BCUT2D eigenvalue weighted by Gasteiger charge is -2.17. The quantitative estimate of drug-likeness (QED) is 0.716. The molecular weight excluding hydrogens is 354 g/mol. The van der Waals surface area contributed by atoms with Gasteiger partial charge in [-0.25, -0.2) is 9.36 Å². The van der Waals surface area contributed by atoms with E-state index in [1.54, 1.807) is 36.4 Å². The van der Waals surface area contributed by atoms with E-state index in [1.807, 2.05) is 32.9 Å². The van der Waals surface area contributed by atoms with Crippen LogP contribution in [-0.4, -0.2) is 21.1 Å². The number of hydrogen-bond acceptors (Lipinski definition) is 3. The first-order chi connectivity index (χ1) is 13.5. The Bertz CT molecular complexity index is 1130. The molecule has 2 aromatic carbocycles. The van der Waals surface area contributed by atoms with Crippen molar-refractivity contribution < 1.29 is 4.79 Å². The predicted octanol–water partition coefficient (Wildman–Crippen LogP) is 2.63. The number of fused-ring (bicyclic) bond motifs is 1. The highest BCUT2D eigenvalue weighted by Crippen LogP contribution is 2.14. The molecule has 146 valence electrons. The molecule has 0 aliphatic carbocycles. The van der Waals surface area contributed by atoms with Crippen molar-refractivity contribution in [3.63, 3.8) is 0 Å². The molecule has 0 radical (unpaired) electrons. The van der Waals surface area contributed by atoms with Gasteiger partial charge >= 0.3 is 5.69 Å². The lowest BCUT2D eigenvalue weighted by molar-refractivity contribution is -0.122. The van der Waals surface area contributed by atoms with E-state index >= 15 is 0 Å². The summed E-state index contributed by atoms with van der Waals surface area (Å²) in [6.45, 7) is 5.73. The number of rotatable bonds is 6. The van der Waals surface area contributed by atoms with Gasteiger partial charge in [-0.3, -0.25) is 14.2 Å². The summed E-state index contributed by atoms with van der Waals surface area (Å²) < 4.78 is 2.55. The molecule has 0 spiro atoms. The number of benzene rings is 2. The molecule has 6 heteroatoms. The van der Waals surface area contributed by atoms with Crippen LogP contribution in [0.2, 0.25) is 0 Å². The van der Waals surface area contributed by atoms with Gasteiger partial charge in [0.1, 0.15) is 6.54 Å². The largest absolute Gasteiger partial charge is 0.352 e. The Balaban J connectivity index is 2.26. The van der Waals surface area contributed by atoms with E-state index in [9.17, 15) is 14.4 Å². The number of nitrogens with one attached hydrogen (secondary N) is 1. The Morgan fingerprint density at radius 3 is 2.43 bits per heavy atom. The Kier molecular flexibility index (Phi) is 5.78. The van der Waals surface area contributed by atoms with Crippen molar-refractivity contribution in [2.24, 2.45) is 0 Å². The van der Waals surface area contributed by atoms with Gasteiger partial charge in [0, 0.05) is 6.04 Å². The molecule has 0 fully saturated rings. The molecule has 1 atom stereocenters. The molecule has 0 bridgehead atoms. The zero-order chi connectivity index (χ0) is 20.3. The topological polar surface area (TPSA) is 73.1 Å². The Morgan fingerprint density at radius 1 is 1.04 bits per heavy atom. The summed E-state index contributed by atoms with van der Waals surface area (Å²) in [4.78, 5) is 38.9. The number of aryl methyl sites for hydroxylation is 1. The second kappa shape index (κ2) is 8.25. The smallest absolute Gasteiger partial charge is 0.336 e. The number of amides is 1. The van der Waals surface area contributed by atoms with Gasteiger partial charge in [0.05, 0.1) is 16.6 Å². The lowest BCUT2D eigenvalue weighted by Crippen LogP contribution is -2.43. The molecule has 0 aliphatic heterocycles. The monoisotopic (exact) mass is 379 g/mol. The van der Waals surface area contributed by atoms with Crippen LogP contribution in [0.15, 0.2) is 58.1 Å². The SMILES string of the molecule is CCc1ccccc1-n1c(=O)c2ccccc2n(CC(=O)NC(C)CC)c1=O. The fraction of sp³-hybridized carbons (Fsp3) is 0.318. The third-order valence-electron chi connectivity index (χ3n) is 4.99. The van der Waals surface area contributed by atoms with E-state index in [4.69, 9.17) is 0 Å². The first-order valence-electron chi connectivity index (χ1n) is 9.60. The molecule has 1 aromatic heterocycles. The summed E-state index contributed by atoms with van der Waals surface area (Å²) in [6.07, 6.45) is 1.48. The molecule has 3 aromatic rings. The van der Waals surface area contributed by atoms with Crippen LogP contribution in [0.25, 0.3) is 16.6 Å². The molecule has 1 amide bonds. The summed E-state index contributed by atoms with van der Waals surface area (Å²) in [7, 11) is 0. The van der Waals surface area contributed by atoms with E-state index < -0.39 is 5.69 Å². The maximum Gasteiger partial charge on any atom is 0.336 e. The van der Waals surface area contributed by atoms with Crippen molar-refractivity contribution in [3.05, 3.63) is 74.9 Å². The van der Waals surface area contributed by atoms with E-state index in [2.05, 4.69) is 5.32 Å². The third-order valence-corrected chi connectivity index (χ3v) is 4.99. The van der Waals surface area contributed by atoms with E-state index in [0.717, 1.165) is 12.0 Å². The molecule has 6 nitrogen and oxygen atoms in total. The first-order valence-corrected chi connectivity index (χ1v) is 9.60. The molecule has 1 unspecified atom stereocenters. The zero-order valence-corrected chi connectivity index (χ0v) is 16.4. The summed E-state index contributed by atoms with van der Waals surface area (Å²) in [6, 6.07) is 14.3. The number of carbonyl (C=O) groups excluding carboxylic acids is 1. The van der Waals surface area contributed by atoms with Gasteiger partial charge in [0.2, 0.25) is 5.91 Å². The van der Waals surface area contributed by atoms with Crippen LogP contribution in [0.1, 0.15) is 32.8 Å². The Hall–Kier alpha value is -3.15. The number of nitrogens with zero attached hydrogens (tertiary/aromatic N) is 2. The number of aromatic nitrogens is 2. The standard InChI is InChI=1S/C22H25N3O3/c1-4-15(3)23-20(26)14-24-19-13-9-7-11-17(19)21(27)25(22(24)28)18-12-8-6-10-16(18)5-2/h6-13,15H,4-5,14H2,1-3H3,(H,23,26). The Morgan fingerprint density at radius 2 is 1.71 bits per heavy atom.